The minimum absolute atomic E-state index is 1.04. The minimum atomic E-state index is 1.04. The van der Waals surface area contributed by atoms with Crippen molar-refractivity contribution in [2.75, 3.05) is 0 Å². The molecule has 0 unspecified atom stereocenters. The molecule has 0 aliphatic heterocycles. The second-order valence-electron chi connectivity index (χ2n) is 3.75. The van der Waals surface area contributed by atoms with Crippen LogP contribution in [0.1, 0.15) is 37.5 Å². The van der Waals surface area contributed by atoms with Gasteiger partial charge in [0.05, 0.1) is 0 Å². The van der Waals surface area contributed by atoms with Crippen molar-refractivity contribution in [3.8, 4) is 0 Å². The Bertz CT molecular complexity index is 370. The van der Waals surface area contributed by atoms with Gasteiger partial charge in [-0.15, -0.1) is 0 Å². The van der Waals surface area contributed by atoms with Crippen LogP contribution in [0.15, 0.2) is 31.4 Å². The zero-order valence-corrected chi connectivity index (χ0v) is 9.35. The summed E-state index contributed by atoms with van der Waals surface area (Å²) in [5.41, 5.74) is 6.11. The third-order valence-corrected chi connectivity index (χ3v) is 2.42. The molecule has 0 spiro atoms. The molecule has 1 aromatic rings. The van der Waals surface area contributed by atoms with Gasteiger partial charge in [0.25, 0.3) is 0 Å². The van der Waals surface area contributed by atoms with Crippen LogP contribution in [-0.2, 0) is 6.42 Å². The molecule has 0 saturated heterocycles. The zero-order valence-electron chi connectivity index (χ0n) is 9.35. The van der Waals surface area contributed by atoms with Gasteiger partial charge in [0.15, 0.2) is 0 Å². The fourth-order valence-electron chi connectivity index (χ4n) is 1.75. The van der Waals surface area contributed by atoms with Crippen molar-refractivity contribution in [2.45, 2.75) is 27.2 Å². The monoisotopic (exact) mass is 186 g/mol. The van der Waals surface area contributed by atoms with E-state index < -0.39 is 0 Å². The molecular formula is C14H18. The van der Waals surface area contributed by atoms with E-state index in [4.69, 9.17) is 0 Å². The van der Waals surface area contributed by atoms with Crippen molar-refractivity contribution in [1.82, 2.24) is 0 Å². The molecule has 74 valence electrons. The van der Waals surface area contributed by atoms with Crippen molar-refractivity contribution in [2.24, 2.45) is 0 Å². The summed E-state index contributed by atoms with van der Waals surface area (Å²) in [6, 6.07) is 6.37. The first-order valence-corrected chi connectivity index (χ1v) is 5.01. The molecule has 1 rings (SSSR count). The molecule has 0 bridgehead atoms. The van der Waals surface area contributed by atoms with Gasteiger partial charge in [-0.1, -0.05) is 49.4 Å². The highest BCUT2D eigenvalue weighted by atomic mass is 14.1. The fourth-order valence-corrected chi connectivity index (χ4v) is 1.75. The van der Waals surface area contributed by atoms with E-state index >= 15 is 0 Å². The molecule has 0 nitrogen and oxygen atoms in total. The highest BCUT2D eigenvalue weighted by molar-refractivity contribution is 5.78. The van der Waals surface area contributed by atoms with Crippen molar-refractivity contribution in [1.29, 1.82) is 0 Å². The van der Waals surface area contributed by atoms with Crippen molar-refractivity contribution in [3.05, 3.63) is 48.0 Å². The van der Waals surface area contributed by atoms with Crippen LogP contribution in [-0.4, -0.2) is 0 Å². The standard InChI is InChI=1S/C14H18/c1-6-12-8-7-9-13(10(2)3)14(12)11(4)5/h7-9H,2,4,6H2,1,3,5H3. The van der Waals surface area contributed by atoms with Crippen LogP contribution < -0.4 is 0 Å². The van der Waals surface area contributed by atoms with Crippen molar-refractivity contribution in [3.63, 3.8) is 0 Å². The SMILES string of the molecule is C=C(C)c1cccc(CC)c1C(=C)C. The van der Waals surface area contributed by atoms with E-state index in [0.29, 0.717) is 0 Å². The minimum Gasteiger partial charge on any atom is -0.0955 e. The summed E-state index contributed by atoms with van der Waals surface area (Å²) in [6.45, 7) is 14.3. The van der Waals surface area contributed by atoms with Crippen LogP contribution in [0.2, 0.25) is 0 Å². The summed E-state index contributed by atoms with van der Waals surface area (Å²) < 4.78 is 0. The maximum absolute atomic E-state index is 4.04. The quantitative estimate of drug-likeness (QED) is 0.659. The third kappa shape index (κ3) is 1.95. The Labute approximate surface area is 87.0 Å². The maximum Gasteiger partial charge on any atom is -0.0126 e. The Morgan fingerprint density at radius 3 is 2.21 bits per heavy atom. The lowest BCUT2D eigenvalue weighted by atomic mass is 9.91. The van der Waals surface area contributed by atoms with Gasteiger partial charge in [-0.2, -0.15) is 0 Å². The fraction of sp³-hybridized carbons (Fsp3) is 0.286. The van der Waals surface area contributed by atoms with E-state index in [1.807, 2.05) is 6.92 Å². The molecule has 1 aromatic carbocycles. The van der Waals surface area contributed by atoms with Gasteiger partial charge in [-0.3, -0.25) is 0 Å². The molecule has 0 saturated carbocycles. The van der Waals surface area contributed by atoms with E-state index in [2.05, 4.69) is 45.2 Å². The van der Waals surface area contributed by atoms with Gasteiger partial charge in [-0.05, 0) is 37.0 Å². The van der Waals surface area contributed by atoms with Crippen molar-refractivity contribution >= 4 is 11.1 Å². The first-order chi connectivity index (χ1) is 6.57. The molecule has 0 heteroatoms. The van der Waals surface area contributed by atoms with Gasteiger partial charge in [0.2, 0.25) is 0 Å². The summed E-state index contributed by atoms with van der Waals surface area (Å²) in [5.74, 6) is 0. The Balaban J connectivity index is 3.43. The van der Waals surface area contributed by atoms with Gasteiger partial charge < -0.3 is 0 Å². The second-order valence-corrected chi connectivity index (χ2v) is 3.75. The maximum atomic E-state index is 4.04. The molecule has 0 fully saturated rings. The average molecular weight is 186 g/mol. The first kappa shape index (κ1) is 10.8. The highest BCUT2D eigenvalue weighted by Crippen LogP contribution is 2.27. The number of rotatable bonds is 3. The van der Waals surface area contributed by atoms with Gasteiger partial charge in [0.1, 0.15) is 0 Å². The highest BCUT2D eigenvalue weighted by Gasteiger charge is 2.07. The van der Waals surface area contributed by atoms with E-state index in [-0.39, 0.29) is 0 Å². The van der Waals surface area contributed by atoms with Crippen LogP contribution >= 0.6 is 0 Å². The Kier molecular flexibility index (Phi) is 3.29. The average Bonchev–Trinajstić information content (AvgIpc) is 2.16. The Morgan fingerprint density at radius 2 is 1.79 bits per heavy atom. The predicted octanol–water partition coefficient (Wildman–Crippen LogP) is 4.32. The number of hydrogen-bond donors (Lipinski definition) is 0. The smallest absolute Gasteiger partial charge is 0.0126 e. The van der Waals surface area contributed by atoms with Crippen LogP contribution in [0, 0.1) is 0 Å². The van der Waals surface area contributed by atoms with Gasteiger partial charge in [0, 0.05) is 0 Å². The summed E-state index contributed by atoms with van der Waals surface area (Å²) >= 11 is 0. The van der Waals surface area contributed by atoms with Gasteiger partial charge in [-0.25, -0.2) is 0 Å². The number of hydrogen-bond acceptors (Lipinski definition) is 0. The van der Waals surface area contributed by atoms with E-state index in [1.165, 1.54) is 16.7 Å². The van der Waals surface area contributed by atoms with Crippen LogP contribution in [0.4, 0.5) is 0 Å². The molecule has 0 heterocycles. The molecule has 0 aliphatic rings. The summed E-state index contributed by atoms with van der Waals surface area (Å²) in [4.78, 5) is 0. The predicted molar refractivity (Wildman–Crippen MR) is 65.2 cm³/mol. The second kappa shape index (κ2) is 4.28. The molecule has 0 N–H and O–H groups in total. The van der Waals surface area contributed by atoms with Gasteiger partial charge >= 0.3 is 0 Å². The van der Waals surface area contributed by atoms with Crippen LogP contribution in [0.3, 0.4) is 0 Å². The lowest BCUT2D eigenvalue weighted by Gasteiger charge is -2.13. The normalized spacial score (nSPS) is 9.93. The molecule has 0 atom stereocenters. The molecule has 0 radical (unpaired) electrons. The van der Waals surface area contributed by atoms with E-state index in [9.17, 15) is 0 Å². The number of aryl methyl sites for hydroxylation is 1. The zero-order chi connectivity index (χ0) is 10.7. The van der Waals surface area contributed by atoms with E-state index in [0.717, 1.165) is 17.6 Å². The largest absolute Gasteiger partial charge is 0.0955 e. The molecule has 14 heavy (non-hydrogen) atoms. The Morgan fingerprint density at radius 1 is 1.14 bits per heavy atom. The molecular weight excluding hydrogens is 168 g/mol. The number of benzene rings is 1. The van der Waals surface area contributed by atoms with Crippen LogP contribution in [0.5, 0.6) is 0 Å². The number of allylic oxidation sites excluding steroid dienone is 2. The lowest BCUT2D eigenvalue weighted by molar-refractivity contribution is 1.12. The summed E-state index contributed by atoms with van der Waals surface area (Å²) in [5, 5.41) is 0. The Hall–Kier alpha value is -1.30. The summed E-state index contributed by atoms with van der Waals surface area (Å²) in [6.07, 6.45) is 1.04. The van der Waals surface area contributed by atoms with Crippen molar-refractivity contribution < 1.29 is 0 Å². The molecule has 0 aliphatic carbocycles. The molecule has 0 aromatic heterocycles. The first-order valence-electron chi connectivity index (χ1n) is 5.01. The lowest BCUT2D eigenvalue weighted by Crippen LogP contribution is -1.95. The topological polar surface area (TPSA) is 0 Å². The van der Waals surface area contributed by atoms with E-state index in [1.54, 1.807) is 0 Å². The summed E-state index contributed by atoms with van der Waals surface area (Å²) in [7, 11) is 0. The molecule has 0 amide bonds. The van der Waals surface area contributed by atoms with Crippen LogP contribution in [0.25, 0.3) is 11.1 Å². The third-order valence-electron chi connectivity index (χ3n) is 2.42.